The first-order valence-electron chi connectivity index (χ1n) is 10.2. The normalized spacial score (nSPS) is 15.8. The third-order valence-electron chi connectivity index (χ3n) is 5.20. The quantitative estimate of drug-likeness (QED) is 0.567. The Bertz CT molecular complexity index is 1020. The Hall–Kier alpha value is -3.45. The summed E-state index contributed by atoms with van der Waals surface area (Å²) >= 11 is 0. The number of hydrogen-bond acceptors (Lipinski definition) is 7. The molecule has 3 rings (SSSR count). The molecule has 168 valence electrons. The van der Waals surface area contributed by atoms with E-state index in [4.69, 9.17) is 18.9 Å². The molecule has 1 heterocycles. The van der Waals surface area contributed by atoms with Gasteiger partial charge in [-0.3, -0.25) is 4.99 Å². The third-order valence-corrected chi connectivity index (χ3v) is 5.20. The van der Waals surface area contributed by atoms with Crippen LogP contribution in [0.5, 0.6) is 0 Å². The zero-order chi connectivity index (χ0) is 23.1. The average molecular weight is 437 g/mol. The second-order valence-electron chi connectivity index (χ2n) is 7.43. The zero-order valence-corrected chi connectivity index (χ0v) is 18.7. The van der Waals surface area contributed by atoms with Crippen LogP contribution in [-0.2, 0) is 32.2 Å². The summed E-state index contributed by atoms with van der Waals surface area (Å²) < 4.78 is 21.5. The average Bonchev–Trinajstić information content (AvgIpc) is 2.82. The van der Waals surface area contributed by atoms with E-state index in [-0.39, 0.29) is 18.0 Å². The molecule has 0 radical (unpaired) electrons. The maximum Gasteiger partial charge on any atom is 0.337 e. The fourth-order valence-corrected chi connectivity index (χ4v) is 3.28. The maximum absolute atomic E-state index is 11.6. The lowest BCUT2D eigenvalue weighted by molar-refractivity contribution is 0.0591. The minimum Gasteiger partial charge on any atom is -0.491 e. The Labute approximate surface area is 187 Å². The van der Waals surface area contributed by atoms with E-state index in [1.165, 1.54) is 14.2 Å². The lowest BCUT2D eigenvalue weighted by Gasteiger charge is -2.25. The Morgan fingerprint density at radius 2 is 1.34 bits per heavy atom. The molecule has 2 aromatic rings. The van der Waals surface area contributed by atoms with Crippen molar-refractivity contribution < 1.29 is 28.5 Å². The fourth-order valence-electron chi connectivity index (χ4n) is 3.28. The minimum atomic E-state index is -0.368. The number of methoxy groups -OCH3 is 2. The number of nitrogens with zero attached hydrogens (tertiary/aromatic N) is 1. The molecule has 1 unspecified atom stereocenters. The molecule has 32 heavy (non-hydrogen) atoms. The molecular formula is C25H27NO6. The first-order valence-corrected chi connectivity index (χ1v) is 10.2. The molecule has 0 saturated heterocycles. The number of hydrogen-bond donors (Lipinski definition) is 0. The van der Waals surface area contributed by atoms with Gasteiger partial charge >= 0.3 is 11.9 Å². The van der Waals surface area contributed by atoms with Gasteiger partial charge in [0.15, 0.2) is 0 Å². The number of allylic oxidation sites excluding steroid dienone is 1. The summed E-state index contributed by atoms with van der Waals surface area (Å²) in [6, 6.07) is 14.2. The molecule has 0 saturated carbocycles. The molecule has 2 aromatic carbocycles. The highest BCUT2D eigenvalue weighted by Crippen LogP contribution is 2.25. The van der Waals surface area contributed by atoms with Gasteiger partial charge in [0.25, 0.3) is 0 Å². The summed E-state index contributed by atoms with van der Waals surface area (Å²) in [5, 5.41) is 0. The highest BCUT2D eigenvalue weighted by atomic mass is 16.5. The van der Waals surface area contributed by atoms with Crippen molar-refractivity contribution in [1.29, 1.82) is 0 Å². The van der Waals surface area contributed by atoms with E-state index in [1.807, 2.05) is 38.1 Å². The summed E-state index contributed by atoms with van der Waals surface area (Å²) in [6.45, 7) is 4.61. The Balaban J connectivity index is 1.56. The lowest BCUT2D eigenvalue weighted by atomic mass is 10.1. The highest BCUT2D eigenvalue weighted by Gasteiger charge is 2.23. The van der Waals surface area contributed by atoms with E-state index in [0.29, 0.717) is 30.8 Å². The van der Waals surface area contributed by atoms with Gasteiger partial charge in [-0.2, -0.15) is 0 Å². The van der Waals surface area contributed by atoms with Gasteiger partial charge in [0.2, 0.25) is 0 Å². The van der Waals surface area contributed by atoms with Gasteiger partial charge in [-0.1, -0.05) is 24.3 Å². The molecule has 0 aliphatic carbocycles. The molecule has 0 aromatic heterocycles. The second kappa shape index (κ2) is 10.7. The predicted octanol–water partition coefficient (Wildman–Crippen LogP) is 4.46. The van der Waals surface area contributed by atoms with Crippen LogP contribution in [0.15, 0.2) is 65.0 Å². The van der Waals surface area contributed by atoms with E-state index in [2.05, 4.69) is 4.99 Å². The van der Waals surface area contributed by atoms with Crippen LogP contribution in [0, 0.1) is 0 Å². The molecule has 0 fully saturated rings. The molecule has 1 aliphatic heterocycles. The van der Waals surface area contributed by atoms with Gasteiger partial charge in [0.05, 0.1) is 37.7 Å². The smallest absolute Gasteiger partial charge is 0.337 e. The van der Waals surface area contributed by atoms with Gasteiger partial charge in [-0.15, -0.1) is 0 Å². The number of rotatable bonds is 8. The Kier molecular flexibility index (Phi) is 7.78. The summed E-state index contributed by atoms with van der Waals surface area (Å²) in [5.41, 5.74) is 4.61. The summed E-state index contributed by atoms with van der Waals surface area (Å²) in [7, 11) is 2.72. The first-order chi connectivity index (χ1) is 15.4. The number of carbonyl (C=O) groups excluding carboxylic acids is 2. The van der Waals surface area contributed by atoms with Gasteiger partial charge in [-0.25, -0.2) is 9.59 Å². The number of esters is 2. The van der Waals surface area contributed by atoms with Gasteiger partial charge < -0.3 is 18.9 Å². The molecule has 0 bridgehead atoms. The van der Waals surface area contributed by atoms with E-state index < -0.39 is 0 Å². The highest BCUT2D eigenvalue weighted by molar-refractivity contribution is 5.90. The van der Waals surface area contributed by atoms with Crippen molar-refractivity contribution in [2.24, 2.45) is 4.99 Å². The molecule has 0 spiro atoms. The van der Waals surface area contributed by atoms with E-state index in [0.717, 1.165) is 28.3 Å². The monoisotopic (exact) mass is 437 g/mol. The van der Waals surface area contributed by atoms with E-state index in [1.54, 1.807) is 24.3 Å². The molecule has 7 heteroatoms. The van der Waals surface area contributed by atoms with Crippen molar-refractivity contribution in [2.75, 3.05) is 14.2 Å². The van der Waals surface area contributed by atoms with Crippen LogP contribution in [0.1, 0.15) is 52.1 Å². The fraction of sp³-hybridized carbons (Fsp3) is 0.320. The molecule has 1 aliphatic rings. The summed E-state index contributed by atoms with van der Waals surface area (Å²) in [5.74, 6) is 0.0433. The minimum absolute atomic E-state index is 0.198. The number of benzene rings is 2. The number of ether oxygens (including phenoxy) is 4. The third kappa shape index (κ3) is 5.82. The van der Waals surface area contributed by atoms with Crippen LogP contribution in [-0.4, -0.2) is 38.0 Å². The molecule has 7 nitrogen and oxygen atoms in total. The van der Waals surface area contributed by atoms with Crippen molar-refractivity contribution in [2.45, 2.75) is 39.6 Å². The van der Waals surface area contributed by atoms with Crippen LogP contribution in [0.3, 0.4) is 0 Å². The Morgan fingerprint density at radius 3 is 1.84 bits per heavy atom. The largest absolute Gasteiger partial charge is 0.491 e. The maximum atomic E-state index is 11.6. The topological polar surface area (TPSA) is 83.4 Å². The van der Waals surface area contributed by atoms with Crippen LogP contribution in [0.2, 0.25) is 0 Å². The van der Waals surface area contributed by atoms with Crippen molar-refractivity contribution >= 4 is 17.7 Å². The summed E-state index contributed by atoms with van der Waals surface area (Å²) in [6.07, 6.45) is 0.387. The van der Waals surface area contributed by atoms with Crippen LogP contribution in [0.25, 0.3) is 0 Å². The first kappa shape index (κ1) is 23.2. The van der Waals surface area contributed by atoms with Crippen LogP contribution in [0.4, 0.5) is 0 Å². The second-order valence-corrected chi connectivity index (χ2v) is 7.43. The SMILES string of the molecule is COC(=O)c1ccc(COC2=C(C)N=C(C)C(OCc3ccc(C(=O)OC)cc3)C2)cc1. The van der Waals surface area contributed by atoms with Crippen molar-refractivity contribution in [1.82, 2.24) is 0 Å². The Morgan fingerprint density at radius 1 is 0.844 bits per heavy atom. The predicted molar refractivity (Wildman–Crippen MR) is 119 cm³/mol. The standard InChI is InChI=1S/C25H27NO6/c1-16-22(31-14-18-5-9-20(10-6-18)24(27)29-3)13-23(17(2)26-16)32-15-19-7-11-21(12-8-19)25(28)30-4/h5-12,22H,13-15H2,1-4H3. The van der Waals surface area contributed by atoms with Crippen LogP contribution >= 0.6 is 0 Å². The van der Waals surface area contributed by atoms with Gasteiger partial charge in [0.1, 0.15) is 18.5 Å². The van der Waals surface area contributed by atoms with Gasteiger partial charge in [0, 0.05) is 12.1 Å². The summed E-state index contributed by atoms with van der Waals surface area (Å²) in [4.78, 5) is 27.7. The number of aliphatic imine (C=N–C) groups is 1. The number of carbonyl (C=O) groups is 2. The molecule has 1 atom stereocenters. The van der Waals surface area contributed by atoms with E-state index in [9.17, 15) is 9.59 Å². The lowest BCUT2D eigenvalue weighted by Crippen LogP contribution is -2.26. The van der Waals surface area contributed by atoms with Crippen LogP contribution < -0.4 is 0 Å². The van der Waals surface area contributed by atoms with Crippen molar-refractivity contribution in [3.63, 3.8) is 0 Å². The molecule has 0 N–H and O–H groups in total. The van der Waals surface area contributed by atoms with Crippen molar-refractivity contribution in [3.05, 3.63) is 82.2 Å². The van der Waals surface area contributed by atoms with E-state index >= 15 is 0 Å². The molecule has 0 amide bonds. The zero-order valence-electron chi connectivity index (χ0n) is 18.7. The molecular weight excluding hydrogens is 410 g/mol. The van der Waals surface area contributed by atoms with Crippen molar-refractivity contribution in [3.8, 4) is 0 Å². The van der Waals surface area contributed by atoms with Gasteiger partial charge in [-0.05, 0) is 49.2 Å².